The van der Waals surface area contributed by atoms with Crippen LogP contribution in [0.5, 0.6) is 0 Å². The van der Waals surface area contributed by atoms with E-state index in [1.165, 1.54) is 6.08 Å². The summed E-state index contributed by atoms with van der Waals surface area (Å²) < 4.78 is 4.86. The van der Waals surface area contributed by atoms with Crippen LogP contribution in [0.3, 0.4) is 0 Å². The van der Waals surface area contributed by atoms with Crippen LogP contribution < -0.4 is 0 Å². The average molecular weight is 284 g/mol. The van der Waals surface area contributed by atoms with Crippen LogP contribution in [0.4, 0.5) is 0 Å². The Labute approximate surface area is 123 Å². The first kappa shape index (κ1) is 13.5. The summed E-state index contributed by atoms with van der Waals surface area (Å²) in [4.78, 5) is 30.2. The molecule has 0 N–H and O–H groups in total. The maximum atomic E-state index is 12.6. The van der Waals surface area contributed by atoms with Gasteiger partial charge in [0.15, 0.2) is 0 Å². The van der Waals surface area contributed by atoms with Crippen LogP contribution in [0.1, 0.15) is 20.8 Å². The largest absolute Gasteiger partial charge is 0.463 e. The molecule has 0 aromatic carbocycles. The molecule has 108 valence electrons. The second kappa shape index (κ2) is 4.84. The van der Waals surface area contributed by atoms with Gasteiger partial charge in [0.2, 0.25) is 0 Å². The van der Waals surface area contributed by atoms with Crippen LogP contribution in [-0.4, -0.2) is 35.1 Å². The molecule has 0 fully saturated rings. The zero-order chi connectivity index (χ0) is 15.1. The molecule has 0 bridgehead atoms. The lowest BCUT2D eigenvalue weighted by Gasteiger charge is -2.32. The summed E-state index contributed by atoms with van der Waals surface area (Å²) in [5.74, 6) is -0.802. The van der Waals surface area contributed by atoms with E-state index in [-0.39, 0.29) is 24.3 Å². The van der Waals surface area contributed by atoms with E-state index in [1.54, 1.807) is 11.8 Å². The Morgan fingerprint density at radius 3 is 2.95 bits per heavy atom. The van der Waals surface area contributed by atoms with E-state index in [1.807, 2.05) is 32.1 Å². The summed E-state index contributed by atoms with van der Waals surface area (Å²) in [6.07, 6.45) is 6.97. The highest BCUT2D eigenvalue weighted by Gasteiger charge is 2.43. The van der Waals surface area contributed by atoms with Crippen molar-refractivity contribution in [1.82, 2.24) is 4.90 Å². The molecule has 1 aliphatic carbocycles. The van der Waals surface area contributed by atoms with E-state index in [0.29, 0.717) is 0 Å². The molecule has 5 nitrogen and oxygen atoms in total. The number of hydrogen-bond acceptors (Lipinski definition) is 4. The van der Waals surface area contributed by atoms with Crippen molar-refractivity contribution in [3.05, 3.63) is 46.8 Å². The Morgan fingerprint density at radius 2 is 2.24 bits per heavy atom. The molecule has 0 aromatic heterocycles. The van der Waals surface area contributed by atoms with Crippen molar-refractivity contribution in [2.24, 2.45) is 4.99 Å². The molecule has 2 heterocycles. The molecule has 0 saturated heterocycles. The normalized spacial score (nSPS) is 25.1. The van der Waals surface area contributed by atoms with Gasteiger partial charge in [-0.15, -0.1) is 0 Å². The summed E-state index contributed by atoms with van der Waals surface area (Å²) in [5, 5.41) is 0. The highest BCUT2D eigenvalue weighted by atomic mass is 16.5. The highest BCUT2D eigenvalue weighted by Crippen LogP contribution is 2.39. The summed E-state index contributed by atoms with van der Waals surface area (Å²) >= 11 is 0. The molecule has 5 heteroatoms. The van der Waals surface area contributed by atoms with E-state index in [2.05, 4.69) is 4.99 Å². The van der Waals surface area contributed by atoms with Gasteiger partial charge in [-0.05, 0) is 38.0 Å². The first-order valence-corrected chi connectivity index (χ1v) is 6.91. The lowest BCUT2D eigenvalue weighted by molar-refractivity contribution is -0.137. The van der Waals surface area contributed by atoms with E-state index < -0.39 is 5.97 Å². The second-order valence-electron chi connectivity index (χ2n) is 5.09. The van der Waals surface area contributed by atoms with Crippen LogP contribution in [0.25, 0.3) is 0 Å². The van der Waals surface area contributed by atoms with Crippen molar-refractivity contribution in [3.8, 4) is 0 Å². The van der Waals surface area contributed by atoms with Gasteiger partial charge in [-0.2, -0.15) is 0 Å². The Morgan fingerprint density at radius 1 is 1.48 bits per heavy atom. The van der Waals surface area contributed by atoms with Crippen LogP contribution in [0.2, 0.25) is 0 Å². The van der Waals surface area contributed by atoms with Gasteiger partial charge in [0.1, 0.15) is 11.7 Å². The topological polar surface area (TPSA) is 59.0 Å². The van der Waals surface area contributed by atoms with Crippen molar-refractivity contribution in [2.45, 2.75) is 26.8 Å². The van der Waals surface area contributed by atoms with E-state index >= 15 is 0 Å². The maximum absolute atomic E-state index is 12.6. The van der Waals surface area contributed by atoms with E-state index in [4.69, 9.17) is 4.74 Å². The molecule has 0 radical (unpaired) electrons. The van der Waals surface area contributed by atoms with Crippen molar-refractivity contribution in [2.75, 3.05) is 6.61 Å². The lowest BCUT2D eigenvalue weighted by atomic mass is 9.93. The van der Waals surface area contributed by atoms with Gasteiger partial charge in [0, 0.05) is 5.70 Å². The minimum Gasteiger partial charge on any atom is -0.463 e. The fraction of sp³-hybridized carbons (Fsp3) is 0.312. The number of carbonyl (C=O) groups is 2. The number of nitrogens with zero attached hydrogens (tertiary/aromatic N) is 2. The molecule has 1 atom stereocenters. The van der Waals surface area contributed by atoms with Gasteiger partial charge >= 0.3 is 5.97 Å². The smallest absolute Gasteiger partial charge is 0.333 e. The molecule has 1 amide bonds. The first-order valence-electron chi connectivity index (χ1n) is 6.91. The van der Waals surface area contributed by atoms with Crippen molar-refractivity contribution < 1.29 is 14.3 Å². The van der Waals surface area contributed by atoms with E-state index in [9.17, 15) is 9.59 Å². The van der Waals surface area contributed by atoms with Gasteiger partial charge in [0.05, 0.1) is 18.4 Å². The van der Waals surface area contributed by atoms with Gasteiger partial charge in [-0.25, -0.2) is 9.79 Å². The summed E-state index contributed by atoms with van der Waals surface area (Å²) in [5.41, 5.74) is 3.99. The molecule has 21 heavy (non-hydrogen) atoms. The molecule has 0 spiro atoms. The molecule has 2 aliphatic heterocycles. The number of allylic oxidation sites excluding steroid dienone is 3. The van der Waals surface area contributed by atoms with Crippen molar-refractivity contribution in [1.29, 1.82) is 0 Å². The first-order chi connectivity index (χ1) is 10.0. The maximum Gasteiger partial charge on any atom is 0.333 e. The van der Waals surface area contributed by atoms with Gasteiger partial charge in [-0.3, -0.25) is 9.69 Å². The van der Waals surface area contributed by atoms with Crippen LogP contribution in [0, 0.1) is 0 Å². The molecule has 3 rings (SSSR count). The quantitative estimate of drug-likeness (QED) is 0.574. The van der Waals surface area contributed by atoms with E-state index in [0.717, 1.165) is 22.6 Å². The van der Waals surface area contributed by atoms with Crippen LogP contribution in [0.15, 0.2) is 51.8 Å². The Balaban J connectivity index is 2.08. The van der Waals surface area contributed by atoms with Crippen LogP contribution in [-0.2, 0) is 14.3 Å². The Bertz CT molecular complexity index is 692. The molecule has 3 aliphatic rings. The predicted octanol–water partition coefficient (Wildman–Crippen LogP) is 1.89. The SMILES string of the molecule is CCOC(=O)/C=C1\N=C2C=CC=C3C(C)=C(C)N(C1=O)C32. The Hall–Kier alpha value is -2.43. The third-order valence-corrected chi connectivity index (χ3v) is 3.94. The number of ether oxygens (including phenoxy) is 1. The van der Waals surface area contributed by atoms with Crippen LogP contribution >= 0.6 is 0 Å². The number of hydrogen-bond donors (Lipinski definition) is 0. The van der Waals surface area contributed by atoms with Crippen molar-refractivity contribution in [3.63, 3.8) is 0 Å². The number of carbonyl (C=O) groups excluding carboxylic acids is 2. The average Bonchev–Trinajstić information content (AvgIpc) is 2.71. The monoisotopic (exact) mass is 284 g/mol. The number of esters is 1. The summed E-state index contributed by atoms with van der Waals surface area (Å²) in [7, 11) is 0. The molecular weight excluding hydrogens is 268 g/mol. The summed E-state index contributed by atoms with van der Waals surface area (Å²) in [6.45, 7) is 5.90. The second-order valence-corrected chi connectivity index (χ2v) is 5.09. The lowest BCUT2D eigenvalue weighted by Crippen LogP contribution is -2.45. The molecule has 0 aromatic rings. The zero-order valence-electron chi connectivity index (χ0n) is 12.2. The fourth-order valence-corrected chi connectivity index (χ4v) is 2.84. The molecular formula is C16H16N2O3. The van der Waals surface area contributed by atoms with Gasteiger partial charge < -0.3 is 4.74 Å². The minimum absolute atomic E-state index is 0.125. The number of aliphatic imine (C=N–C) groups is 1. The van der Waals surface area contributed by atoms with Gasteiger partial charge in [-0.1, -0.05) is 12.2 Å². The standard InChI is InChI=1S/C16H16N2O3/c1-4-21-14(19)8-13-16(20)18-10(3)9(2)11-6-5-7-12(17-13)15(11)18/h5-8,15H,4H2,1-3H3/b13-8-. The Kier molecular flexibility index (Phi) is 3.12. The van der Waals surface area contributed by atoms with Crippen molar-refractivity contribution >= 4 is 17.6 Å². The third kappa shape index (κ3) is 1.96. The molecule has 1 unspecified atom stereocenters. The number of amides is 1. The van der Waals surface area contributed by atoms with Gasteiger partial charge in [0.25, 0.3) is 5.91 Å². The predicted molar refractivity (Wildman–Crippen MR) is 78.4 cm³/mol. The zero-order valence-corrected chi connectivity index (χ0v) is 12.2. The number of rotatable bonds is 2. The summed E-state index contributed by atoms with van der Waals surface area (Å²) in [6, 6.07) is -0.151. The fourth-order valence-electron chi connectivity index (χ4n) is 2.84. The highest BCUT2D eigenvalue weighted by molar-refractivity contribution is 6.15. The third-order valence-electron chi connectivity index (χ3n) is 3.94. The minimum atomic E-state index is -0.545. The molecule has 0 saturated carbocycles.